The Morgan fingerprint density at radius 1 is 1.21 bits per heavy atom. The molecule has 5 nitrogen and oxygen atoms in total. The van der Waals surface area contributed by atoms with Gasteiger partial charge in [-0.25, -0.2) is 0 Å². The molecule has 2 aromatic rings. The van der Waals surface area contributed by atoms with Crippen molar-refractivity contribution in [3.63, 3.8) is 0 Å². The van der Waals surface area contributed by atoms with Crippen molar-refractivity contribution in [3.05, 3.63) is 59.2 Å². The molecular weight excluding hydrogens is 383 g/mol. The van der Waals surface area contributed by atoms with Gasteiger partial charge in [-0.15, -0.1) is 0 Å². The Morgan fingerprint density at radius 3 is 2.41 bits per heavy atom. The highest BCUT2D eigenvalue weighted by Gasteiger charge is 2.35. The van der Waals surface area contributed by atoms with Gasteiger partial charge in [0, 0.05) is 31.9 Å². The molecule has 0 spiro atoms. The molecule has 0 heterocycles. The number of hydrogen-bond donors (Lipinski definition) is 0. The quantitative estimate of drug-likeness (QED) is 0.727. The summed E-state index contributed by atoms with van der Waals surface area (Å²) in [4.78, 5) is 15.5. The molecule has 8 heteroatoms. The van der Waals surface area contributed by atoms with E-state index in [9.17, 15) is 18.0 Å². The Balaban J connectivity index is 2.59. The third-order valence-electron chi connectivity index (χ3n) is 4.56. The second-order valence-electron chi connectivity index (χ2n) is 6.69. The average molecular weight is 405 g/mol. The van der Waals surface area contributed by atoms with Crippen LogP contribution in [0.25, 0.3) is 0 Å². The summed E-state index contributed by atoms with van der Waals surface area (Å²) < 4.78 is 45.7. The van der Waals surface area contributed by atoms with Gasteiger partial charge in [-0.2, -0.15) is 18.4 Å². The third kappa shape index (κ3) is 4.99. The lowest BCUT2D eigenvalue weighted by Gasteiger charge is -2.33. The zero-order valence-corrected chi connectivity index (χ0v) is 16.6. The van der Waals surface area contributed by atoms with E-state index in [4.69, 9.17) is 10.00 Å². The summed E-state index contributed by atoms with van der Waals surface area (Å²) >= 11 is 0. The maximum Gasteiger partial charge on any atom is 0.417 e. The van der Waals surface area contributed by atoms with E-state index in [2.05, 4.69) is 0 Å². The number of alkyl halides is 3. The minimum Gasteiger partial charge on any atom is -0.496 e. The number of rotatable bonds is 6. The van der Waals surface area contributed by atoms with Crippen LogP contribution in [0.5, 0.6) is 5.75 Å². The fourth-order valence-electron chi connectivity index (χ4n) is 3.02. The number of likely N-dealkylation sites (N-methyl/N-ethyl adjacent to an activating group) is 1. The molecule has 0 N–H and O–H groups in total. The predicted octanol–water partition coefficient (Wildman–Crippen LogP) is 4.07. The van der Waals surface area contributed by atoms with Gasteiger partial charge in [0.1, 0.15) is 11.8 Å². The van der Waals surface area contributed by atoms with Gasteiger partial charge in [-0.05, 0) is 31.2 Å². The van der Waals surface area contributed by atoms with Gasteiger partial charge < -0.3 is 14.5 Å². The van der Waals surface area contributed by atoms with Crippen molar-refractivity contribution in [2.75, 3.05) is 26.1 Å². The number of hydrogen-bond acceptors (Lipinski definition) is 4. The van der Waals surface area contributed by atoms with E-state index in [-0.39, 0.29) is 18.1 Å². The number of carbonyl (C=O) groups is 1. The highest BCUT2D eigenvalue weighted by Crippen LogP contribution is 2.35. The molecule has 0 aliphatic heterocycles. The zero-order valence-electron chi connectivity index (χ0n) is 16.6. The van der Waals surface area contributed by atoms with E-state index in [1.165, 1.54) is 18.1 Å². The first-order valence-corrected chi connectivity index (χ1v) is 8.81. The lowest BCUT2D eigenvalue weighted by molar-refractivity contribution is -0.137. The number of anilines is 1. The molecular formula is C21H22F3N3O2. The number of methoxy groups -OCH3 is 1. The summed E-state index contributed by atoms with van der Waals surface area (Å²) in [6.45, 7) is 1.77. The van der Waals surface area contributed by atoms with Crippen LogP contribution < -0.4 is 9.64 Å². The highest BCUT2D eigenvalue weighted by atomic mass is 19.4. The monoisotopic (exact) mass is 405 g/mol. The molecule has 0 unspecified atom stereocenters. The van der Waals surface area contributed by atoms with E-state index >= 15 is 0 Å². The molecule has 0 aliphatic rings. The van der Waals surface area contributed by atoms with Crippen LogP contribution in [0.4, 0.5) is 18.9 Å². The Morgan fingerprint density at radius 2 is 1.86 bits per heavy atom. The molecule has 1 atom stereocenters. The van der Waals surface area contributed by atoms with Crippen LogP contribution in [0, 0.1) is 11.3 Å². The number of nitrogens with zero attached hydrogens (tertiary/aromatic N) is 3. The van der Waals surface area contributed by atoms with Crippen molar-refractivity contribution in [3.8, 4) is 11.8 Å². The van der Waals surface area contributed by atoms with Crippen LogP contribution in [0.15, 0.2) is 42.5 Å². The molecule has 0 fully saturated rings. The fourth-order valence-corrected chi connectivity index (χ4v) is 3.02. The molecule has 154 valence electrons. The topological polar surface area (TPSA) is 56.6 Å². The summed E-state index contributed by atoms with van der Waals surface area (Å²) in [5.74, 6) is 0.296. The highest BCUT2D eigenvalue weighted by molar-refractivity contribution is 5.84. The Labute approximate surface area is 167 Å². The molecule has 1 amide bonds. The smallest absolute Gasteiger partial charge is 0.417 e. The van der Waals surface area contributed by atoms with Gasteiger partial charge in [-0.1, -0.05) is 18.2 Å². The average Bonchev–Trinajstić information content (AvgIpc) is 2.70. The van der Waals surface area contributed by atoms with E-state index in [0.717, 1.165) is 12.1 Å². The van der Waals surface area contributed by atoms with Crippen molar-refractivity contribution >= 4 is 11.6 Å². The summed E-state index contributed by atoms with van der Waals surface area (Å²) in [7, 11) is 4.67. The molecule has 0 saturated heterocycles. The molecule has 0 radical (unpaired) electrons. The summed E-state index contributed by atoms with van der Waals surface area (Å²) in [5, 5.41) is 9.04. The number of ether oxygens (including phenoxy) is 1. The number of para-hydroxylation sites is 1. The molecule has 0 saturated carbocycles. The molecule has 29 heavy (non-hydrogen) atoms. The van der Waals surface area contributed by atoms with Crippen LogP contribution in [0.3, 0.4) is 0 Å². The Bertz CT molecular complexity index is 920. The second kappa shape index (κ2) is 8.86. The van der Waals surface area contributed by atoms with Gasteiger partial charge >= 0.3 is 6.18 Å². The zero-order chi connectivity index (χ0) is 21.8. The largest absolute Gasteiger partial charge is 0.496 e. The first-order chi connectivity index (χ1) is 13.6. The molecule has 0 aliphatic carbocycles. The van der Waals surface area contributed by atoms with Crippen LogP contribution in [-0.4, -0.2) is 38.1 Å². The summed E-state index contributed by atoms with van der Waals surface area (Å²) in [6, 6.07) is 11.4. The van der Waals surface area contributed by atoms with Crippen molar-refractivity contribution in [1.29, 1.82) is 5.26 Å². The number of benzene rings is 2. The minimum atomic E-state index is -4.69. The van der Waals surface area contributed by atoms with Crippen LogP contribution >= 0.6 is 0 Å². The Kier molecular flexibility index (Phi) is 6.75. The first kappa shape index (κ1) is 22.1. The first-order valence-electron chi connectivity index (χ1n) is 8.81. The van der Waals surface area contributed by atoms with Crippen molar-refractivity contribution in [1.82, 2.24) is 4.90 Å². The lowest BCUT2D eigenvalue weighted by atomic mass is 10.0. The van der Waals surface area contributed by atoms with E-state index in [0.29, 0.717) is 11.3 Å². The molecule has 2 aromatic carbocycles. The van der Waals surface area contributed by atoms with Gasteiger partial charge in [-0.3, -0.25) is 4.79 Å². The predicted molar refractivity (Wildman–Crippen MR) is 103 cm³/mol. The van der Waals surface area contributed by atoms with E-state index in [1.54, 1.807) is 56.3 Å². The van der Waals surface area contributed by atoms with E-state index < -0.39 is 23.3 Å². The molecule has 0 bridgehead atoms. The minimum absolute atomic E-state index is 0.147. The number of amides is 1. The fraction of sp³-hybridized carbons (Fsp3) is 0.333. The van der Waals surface area contributed by atoms with Crippen molar-refractivity contribution in [2.45, 2.75) is 25.7 Å². The summed E-state index contributed by atoms with van der Waals surface area (Å²) in [6.07, 6.45) is -4.69. The standard InChI is InChI=1S/C21H22F3N3O2/c1-14(20(28)26(2)3)27(13-16-7-5-6-8-19(16)29-4)17-10-9-15(12-25)18(11-17)21(22,23)24/h5-11,14H,13H2,1-4H3/t14-/m0/s1. The van der Waals surface area contributed by atoms with Crippen molar-refractivity contribution < 1.29 is 22.7 Å². The second-order valence-corrected chi connectivity index (χ2v) is 6.69. The Hall–Kier alpha value is -3.21. The number of halogens is 3. The number of nitriles is 1. The van der Waals surface area contributed by atoms with Crippen LogP contribution in [0.2, 0.25) is 0 Å². The SMILES string of the molecule is COc1ccccc1CN(c1ccc(C#N)c(C(F)(F)F)c1)[C@@H](C)C(=O)N(C)C. The molecule has 2 rings (SSSR count). The van der Waals surface area contributed by atoms with Crippen LogP contribution in [-0.2, 0) is 17.5 Å². The van der Waals surface area contributed by atoms with Gasteiger partial charge in [0.25, 0.3) is 0 Å². The number of carbonyl (C=O) groups excluding carboxylic acids is 1. The van der Waals surface area contributed by atoms with Gasteiger partial charge in [0.05, 0.1) is 24.3 Å². The summed E-state index contributed by atoms with van der Waals surface area (Å²) in [5.41, 5.74) is -0.603. The normalized spacial score (nSPS) is 12.1. The van der Waals surface area contributed by atoms with Gasteiger partial charge in [0.15, 0.2) is 0 Å². The van der Waals surface area contributed by atoms with Gasteiger partial charge in [0.2, 0.25) is 5.91 Å². The lowest BCUT2D eigenvalue weighted by Crippen LogP contribution is -2.44. The molecule has 0 aromatic heterocycles. The van der Waals surface area contributed by atoms with Crippen LogP contribution in [0.1, 0.15) is 23.6 Å². The third-order valence-corrected chi connectivity index (χ3v) is 4.56. The maximum absolute atomic E-state index is 13.4. The van der Waals surface area contributed by atoms with Crippen molar-refractivity contribution in [2.24, 2.45) is 0 Å². The maximum atomic E-state index is 13.4. The van der Waals surface area contributed by atoms with E-state index in [1.807, 2.05) is 0 Å².